The number of thiazole rings is 1. The average molecular weight is 605 g/mol. The number of aryl methyl sites for hydroxylation is 1. The normalized spacial score (nSPS) is 18.7. The molecule has 1 saturated heterocycles. The molecule has 5 rings (SSSR count). The average Bonchev–Trinajstić information content (AvgIpc) is 3.64. The first kappa shape index (κ1) is 29.8. The molecule has 3 heterocycles. The summed E-state index contributed by atoms with van der Waals surface area (Å²) in [5.41, 5.74) is 1.96. The number of carbonyl (C=O) groups excluding carboxylic acids is 3. The summed E-state index contributed by atoms with van der Waals surface area (Å²) in [4.78, 5) is 46.0. The number of fused-ring (bicyclic) bond motifs is 1. The fourth-order valence-electron chi connectivity index (χ4n) is 5.18. The first-order valence-corrected chi connectivity index (χ1v) is 14.8. The molecule has 0 unspecified atom stereocenters. The van der Waals surface area contributed by atoms with E-state index in [9.17, 15) is 19.5 Å². The van der Waals surface area contributed by atoms with Crippen LogP contribution in [0.4, 0.5) is 5.13 Å². The van der Waals surface area contributed by atoms with Gasteiger partial charge in [0.15, 0.2) is 16.6 Å². The van der Waals surface area contributed by atoms with Gasteiger partial charge in [-0.05, 0) is 69.2 Å². The van der Waals surface area contributed by atoms with E-state index in [1.54, 1.807) is 43.3 Å². The quantitative estimate of drug-likeness (QED) is 0.104. The number of hydrogen-bond donors (Lipinski definition) is 1. The van der Waals surface area contributed by atoms with Gasteiger partial charge in [-0.1, -0.05) is 30.1 Å². The highest BCUT2D eigenvalue weighted by Gasteiger charge is 2.49. The Morgan fingerprint density at radius 2 is 1.91 bits per heavy atom. The number of carbonyl (C=O) groups is 3. The van der Waals surface area contributed by atoms with E-state index in [-0.39, 0.29) is 34.1 Å². The highest BCUT2D eigenvalue weighted by atomic mass is 32.1. The Morgan fingerprint density at radius 1 is 1.16 bits per heavy atom. The van der Waals surface area contributed by atoms with Gasteiger partial charge in [-0.3, -0.25) is 14.5 Å². The zero-order chi connectivity index (χ0) is 30.8. The van der Waals surface area contributed by atoms with Crippen LogP contribution in [0.15, 0.2) is 54.6 Å². The number of nitrogens with zero attached hydrogens (tertiary/aromatic N) is 2. The minimum absolute atomic E-state index is 0.00695. The Bertz CT molecular complexity index is 1640. The second-order valence-corrected chi connectivity index (χ2v) is 11.0. The third-order valence-corrected chi connectivity index (χ3v) is 8.14. The number of amides is 1. The molecule has 10 nitrogen and oxygen atoms in total. The standard InChI is InChI=1S/C32H32N2O8S/c1-6-13-41-31(38)29-18(5)33-32(43-29)34-26(19-9-12-23(39-7-2)24(16-19)40-8-3)25(28(36)30(34)37)27(35)20-10-11-22-21(15-20)14-17(4)42-22/h6,9-12,15-17,26,35H,1,7-8,13-14H2,2-5H3/t17-,26+/m1/s1. The molecule has 2 atom stereocenters. The summed E-state index contributed by atoms with van der Waals surface area (Å²) < 4.78 is 22.5. The molecule has 1 aromatic heterocycles. The smallest absolute Gasteiger partial charge is 0.350 e. The Kier molecular flexibility index (Phi) is 8.54. The number of ether oxygens (including phenoxy) is 4. The van der Waals surface area contributed by atoms with Crippen LogP contribution in [0.1, 0.15) is 58.9 Å². The maximum Gasteiger partial charge on any atom is 0.350 e. The highest BCUT2D eigenvalue weighted by molar-refractivity contribution is 7.17. The van der Waals surface area contributed by atoms with E-state index in [1.807, 2.05) is 20.8 Å². The lowest BCUT2D eigenvalue weighted by atomic mass is 9.94. The van der Waals surface area contributed by atoms with Crippen LogP contribution in [0.3, 0.4) is 0 Å². The van der Waals surface area contributed by atoms with Gasteiger partial charge in [-0.15, -0.1) is 0 Å². The number of anilines is 1. The van der Waals surface area contributed by atoms with Crippen LogP contribution in [0.5, 0.6) is 17.2 Å². The van der Waals surface area contributed by atoms with E-state index in [1.165, 1.54) is 11.0 Å². The van der Waals surface area contributed by atoms with Crippen LogP contribution >= 0.6 is 11.3 Å². The van der Waals surface area contributed by atoms with Crippen LogP contribution < -0.4 is 19.1 Å². The van der Waals surface area contributed by atoms with Crippen molar-refractivity contribution in [2.75, 3.05) is 24.7 Å². The largest absolute Gasteiger partial charge is 0.507 e. The Hall–Kier alpha value is -4.64. The molecule has 1 fully saturated rings. The molecule has 1 amide bonds. The van der Waals surface area contributed by atoms with E-state index >= 15 is 0 Å². The van der Waals surface area contributed by atoms with Crippen molar-refractivity contribution in [3.05, 3.63) is 81.9 Å². The summed E-state index contributed by atoms with van der Waals surface area (Å²) in [6.45, 7) is 11.6. The number of hydrogen-bond acceptors (Lipinski definition) is 10. The number of aromatic nitrogens is 1. The summed E-state index contributed by atoms with van der Waals surface area (Å²) in [6.07, 6.45) is 2.08. The molecule has 0 saturated carbocycles. The summed E-state index contributed by atoms with van der Waals surface area (Å²) in [5.74, 6) is -1.11. The molecule has 0 spiro atoms. The number of benzene rings is 2. The van der Waals surface area contributed by atoms with Crippen LogP contribution in [0.25, 0.3) is 5.76 Å². The second kappa shape index (κ2) is 12.3. The van der Waals surface area contributed by atoms with Crippen molar-refractivity contribution >= 4 is 39.9 Å². The second-order valence-electron chi connectivity index (χ2n) is 9.99. The van der Waals surface area contributed by atoms with Gasteiger partial charge in [0.05, 0.1) is 30.5 Å². The van der Waals surface area contributed by atoms with Crippen molar-refractivity contribution in [3.63, 3.8) is 0 Å². The van der Waals surface area contributed by atoms with Gasteiger partial charge < -0.3 is 24.1 Å². The van der Waals surface area contributed by atoms with Gasteiger partial charge in [-0.2, -0.15) is 0 Å². The molecule has 224 valence electrons. The SMILES string of the molecule is C=CCOC(=O)c1sc(N2C(=O)C(=O)C(=C(O)c3ccc4c(c3)C[C@@H](C)O4)[C@@H]2c2ccc(OCC)c(OCC)c2)nc1C. The number of esters is 1. The summed E-state index contributed by atoms with van der Waals surface area (Å²) in [7, 11) is 0. The zero-order valence-electron chi connectivity index (χ0n) is 24.3. The number of aliphatic hydroxyl groups is 1. The molecule has 43 heavy (non-hydrogen) atoms. The van der Waals surface area contributed by atoms with Gasteiger partial charge in [0.25, 0.3) is 5.78 Å². The number of aliphatic hydroxyl groups excluding tert-OH is 1. The molecule has 0 aliphatic carbocycles. The van der Waals surface area contributed by atoms with Crippen molar-refractivity contribution in [2.45, 2.75) is 46.3 Å². The van der Waals surface area contributed by atoms with Gasteiger partial charge in [-0.25, -0.2) is 9.78 Å². The van der Waals surface area contributed by atoms with Gasteiger partial charge >= 0.3 is 11.9 Å². The maximum absolute atomic E-state index is 13.7. The molecule has 0 radical (unpaired) electrons. The van der Waals surface area contributed by atoms with E-state index < -0.39 is 23.7 Å². The van der Waals surface area contributed by atoms with E-state index in [4.69, 9.17) is 18.9 Å². The van der Waals surface area contributed by atoms with Gasteiger partial charge in [0.1, 0.15) is 29.1 Å². The summed E-state index contributed by atoms with van der Waals surface area (Å²) in [6, 6.07) is 9.18. The molecular formula is C32H32N2O8S. The fourth-order valence-corrected chi connectivity index (χ4v) is 6.17. The molecule has 2 aliphatic heterocycles. The lowest BCUT2D eigenvalue weighted by molar-refractivity contribution is -0.132. The Morgan fingerprint density at radius 3 is 2.63 bits per heavy atom. The molecular weight excluding hydrogens is 572 g/mol. The molecule has 2 aliphatic rings. The zero-order valence-corrected chi connectivity index (χ0v) is 25.2. The molecule has 1 N–H and O–H groups in total. The van der Waals surface area contributed by atoms with Crippen LogP contribution in [-0.4, -0.2) is 53.7 Å². The van der Waals surface area contributed by atoms with Crippen molar-refractivity contribution in [2.24, 2.45) is 0 Å². The van der Waals surface area contributed by atoms with Crippen molar-refractivity contribution in [3.8, 4) is 17.2 Å². The van der Waals surface area contributed by atoms with Crippen LogP contribution in [0.2, 0.25) is 0 Å². The van der Waals surface area contributed by atoms with E-state index in [0.29, 0.717) is 53.7 Å². The predicted molar refractivity (Wildman–Crippen MR) is 161 cm³/mol. The monoisotopic (exact) mass is 604 g/mol. The van der Waals surface area contributed by atoms with Crippen molar-refractivity contribution < 1.29 is 38.4 Å². The van der Waals surface area contributed by atoms with E-state index in [0.717, 1.165) is 16.9 Å². The molecule has 3 aromatic rings. The summed E-state index contributed by atoms with van der Waals surface area (Å²) >= 11 is 0.928. The van der Waals surface area contributed by atoms with Crippen molar-refractivity contribution in [1.29, 1.82) is 0 Å². The number of rotatable bonds is 10. The fraction of sp³-hybridized carbons (Fsp3) is 0.312. The minimum atomic E-state index is -1.08. The van der Waals surface area contributed by atoms with Crippen LogP contribution in [-0.2, 0) is 20.7 Å². The van der Waals surface area contributed by atoms with Gasteiger partial charge in [0.2, 0.25) is 0 Å². The number of ketones is 1. The molecule has 11 heteroatoms. The molecule has 0 bridgehead atoms. The first-order valence-electron chi connectivity index (χ1n) is 13.9. The Labute approximate surface area is 253 Å². The maximum atomic E-state index is 13.7. The predicted octanol–water partition coefficient (Wildman–Crippen LogP) is 5.54. The van der Waals surface area contributed by atoms with Crippen molar-refractivity contribution in [1.82, 2.24) is 4.98 Å². The number of Topliss-reactive ketones (excluding diaryl/α,β-unsaturated/α-hetero) is 1. The molecule has 2 aromatic carbocycles. The van der Waals surface area contributed by atoms with Crippen LogP contribution in [0, 0.1) is 6.92 Å². The lowest BCUT2D eigenvalue weighted by Crippen LogP contribution is -2.29. The first-order chi connectivity index (χ1) is 20.7. The van der Waals surface area contributed by atoms with Gasteiger partial charge in [0, 0.05) is 12.0 Å². The summed E-state index contributed by atoms with van der Waals surface area (Å²) in [5, 5.41) is 11.7. The lowest BCUT2D eigenvalue weighted by Gasteiger charge is -2.24. The Balaban J connectivity index is 1.68. The topological polar surface area (TPSA) is 124 Å². The third-order valence-electron chi connectivity index (χ3n) is 7.01. The van der Waals surface area contributed by atoms with E-state index in [2.05, 4.69) is 11.6 Å². The minimum Gasteiger partial charge on any atom is -0.507 e. The highest BCUT2D eigenvalue weighted by Crippen LogP contribution is 2.46. The third kappa shape index (κ3) is 5.60.